The number of rotatable bonds is 3. The van der Waals surface area contributed by atoms with Gasteiger partial charge in [-0.05, 0) is 18.2 Å². The minimum atomic E-state index is 0.357. The molecule has 0 unspecified atom stereocenters. The largest absolute Gasteiger partial charge is 0.431 e. The summed E-state index contributed by atoms with van der Waals surface area (Å²) >= 11 is 13.0. The molecule has 0 bridgehead atoms. The lowest BCUT2D eigenvalue weighted by Crippen LogP contribution is -1.92. The molecule has 0 aliphatic heterocycles. The summed E-state index contributed by atoms with van der Waals surface area (Å²) in [4.78, 5) is 4.85. The first kappa shape index (κ1) is 11.7. The fourth-order valence-corrected chi connectivity index (χ4v) is 2.31. The highest BCUT2D eigenvalue weighted by molar-refractivity contribution is 7.14. The normalized spacial score (nSPS) is 10.4. The Balaban J connectivity index is 2.20. The summed E-state index contributed by atoms with van der Waals surface area (Å²) < 4.78 is 5.51. The number of nitrogens with zero attached hydrogens (tertiary/aromatic N) is 1. The molecule has 0 spiro atoms. The van der Waals surface area contributed by atoms with Gasteiger partial charge in [-0.15, -0.1) is 0 Å². The standard InChI is InChI=1S/C10H8Cl2N2OS/c11-6-2-1-3-7(4-6)15-10-14-9(12)8(5-13)16-10/h1-4H,5,13H2. The maximum Gasteiger partial charge on any atom is 0.280 e. The molecule has 1 aromatic carbocycles. The van der Waals surface area contributed by atoms with Crippen LogP contribution in [0.1, 0.15) is 4.88 Å². The van der Waals surface area contributed by atoms with Crippen LogP contribution in [0.4, 0.5) is 0 Å². The summed E-state index contributed by atoms with van der Waals surface area (Å²) in [7, 11) is 0. The van der Waals surface area contributed by atoms with E-state index in [9.17, 15) is 0 Å². The zero-order valence-electron chi connectivity index (χ0n) is 8.11. The number of nitrogens with two attached hydrogens (primary N) is 1. The molecule has 2 N–H and O–H groups in total. The third-order valence-electron chi connectivity index (χ3n) is 1.82. The zero-order chi connectivity index (χ0) is 11.5. The van der Waals surface area contributed by atoms with E-state index in [1.165, 1.54) is 11.3 Å². The van der Waals surface area contributed by atoms with Gasteiger partial charge in [0, 0.05) is 11.6 Å². The summed E-state index contributed by atoms with van der Waals surface area (Å²) in [5, 5.41) is 1.47. The SMILES string of the molecule is NCc1sc(Oc2cccc(Cl)c2)nc1Cl. The van der Waals surface area contributed by atoms with Crippen molar-refractivity contribution in [3.05, 3.63) is 39.3 Å². The van der Waals surface area contributed by atoms with E-state index in [1.54, 1.807) is 24.3 Å². The van der Waals surface area contributed by atoms with Gasteiger partial charge in [-0.2, -0.15) is 4.98 Å². The predicted octanol–water partition coefficient (Wildman–Crippen LogP) is 3.70. The van der Waals surface area contributed by atoms with E-state index < -0.39 is 0 Å². The summed E-state index contributed by atoms with van der Waals surface area (Å²) in [6.45, 7) is 0.357. The van der Waals surface area contributed by atoms with E-state index in [-0.39, 0.29) is 0 Å². The monoisotopic (exact) mass is 274 g/mol. The molecule has 0 saturated heterocycles. The molecule has 0 radical (unpaired) electrons. The van der Waals surface area contributed by atoms with Crippen LogP contribution in [0.15, 0.2) is 24.3 Å². The van der Waals surface area contributed by atoms with E-state index >= 15 is 0 Å². The zero-order valence-corrected chi connectivity index (χ0v) is 10.4. The van der Waals surface area contributed by atoms with Gasteiger partial charge in [0.1, 0.15) is 10.9 Å². The quantitative estimate of drug-likeness (QED) is 0.929. The molecule has 6 heteroatoms. The van der Waals surface area contributed by atoms with E-state index in [1.807, 2.05) is 0 Å². The van der Waals surface area contributed by atoms with Crippen LogP contribution in [0.5, 0.6) is 10.9 Å². The van der Waals surface area contributed by atoms with Gasteiger partial charge in [0.2, 0.25) is 0 Å². The molecule has 0 fully saturated rings. The lowest BCUT2D eigenvalue weighted by Gasteiger charge is -2.00. The lowest BCUT2D eigenvalue weighted by molar-refractivity contribution is 0.479. The molecule has 3 nitrogen and oxygen atoms in total. The molecule has 0 aliphatic carbocycles. The fraction of sp³-hybridized carbons (Fsp3) is 0.100. The summed E-state index contributed by atoms with van der Waals surface area (Å²) in [6, 6.07) is 7.08. The minimum Gasteiger partial charge on any atom is -0.431 e. The van der Waals surface area contributed by atoms with Crippen molar-refractivity contribution in [2.45, 2.75) is 6.54 Å². The number of hydrogen-bond acceptors (Lipinski definition) is 4. The number of halogens is 2. The molecule has 84 valence electrons. The van der Waals surface area contributed by atoms with Crippen molar-refractivity contribution < 1.29 is 4.74 Å². The Morgan fingerprint density at radius 1 is 1.38 bits per heavy atom. The Kier molecular flexibility index (Phi) is 3.66. The smallest absolute Gasteiger partial charge is 0.280 e. The number of hydrogen-bond donors (Lipinski definition) is 1. The molecule has 0 atom stereocenters. The van der Waals surface area contributed by atoms with Gasteiger partial charge < -0.3 is 10.5 Å². The summed E-state index contributed by atoms with van der Waals surface area (Å²) in [5.41, 5.74) is 5.49. The van der Waals surface area contributed by atoms with Crippen LogP contribution < -0.4 is 10.5 Å². The topological polar surface area (TPSA) is 48.1 Å². The summed E-state index contributed by atoms with van der Waals surface area (Å²) in [6.07, 6.45) is 0. The highest BCUT2D eigenvalue weighted by Gasteiger charge is 2.09. The predicted molar refractivity (Wildman–Crippen MR) is 66.5 cm³/mol. The van der Waals surface area contributed by atoms with Gasteiger partial charge in [0.05, 0.1) is 4.88 Å². The molecule has 0 amide bonds. The Morgan fingerprint density at radius 2 is 2.19 bits per heavy atom. The van der Waals surface area contributed by atoms with Crippen molar-refractivity contribution in [1.29, 1.82) is 0 Å². The molecular formula is C10H8Cl2N2OS. The van der Waals surface area contributed by atoms with Crippen molar-refractivity contribution in [2.75, 3.05) is 0 Å². The maximum atomic E-state index is 5.86. The minimum absolute atomic E-state index is 0.357. The van der Waals surface area contributed by atoms with Crippen molar-refractivity contribution in [3.8, 4) is 10.9 Å². The van der Waals surface area contributed by atoms with Crippen LogP contribution in [0.25, 0.3) is 0 Å². The highest BCUT2D eigenvalue weighted by Crippen LogP contribution is 2.32. The van der Waals surface area contributed by atoms with E-state index in [4.69, 9.17) is 33.7 Å². The van der Waals surface area contributed by atoms with E-state index in [0.717, 1.165) is 4.88 Å². The van der Waals surface area contributed by atoms with Crippen molar-refractivity contribution in [2.24, 2.45) is 5.73 Å². The van der Waals surface area contributed by atoms with Crippen LogP contribution in [-0.2, 0) is 6.54 Å². The van der Waals surface area contributed by atoms with Crippen molar-refractivity contribution >= 4 is 34.5 Å². The van der Waals surface area contributed by atoms with Gasteiger partial charge in [-0.1, -0.05) is 40.6 Å². The molecule has 0 aliphatic rings. The first-order valence-corrected chi connectivity index (χ1v) is 6.05. The van der Waals surface area contributed by atoms with Crippen molar-refractivity contribution in [3.63, 3.8) is 0 Å². The second-order valence-electron chi connectivity index (χ2n) is 2.96. The van der Waals surface area contributed by atoms with Gasteiger partial charge in [-0.3, -0.25) is 0 Å². The number of ether oxygens (including phenoxy) is 1. The maximum absolute atomic E-state index is 5.86. The van der Waals surface area contributed by atoms with Crippen molar-refractivity contribution in [1.82, 2.24) is 4.98 Å². The van der Waals surface area contributed by atoms with Crippen LogP contribution >= 0.6 is 34.5 Å². The van der Waals surface area contributed by atoms with Gasteiger partial charge in [0.15, 0.2) is 0 Å². The molecule has 2 aromatic rings. The van der Waals surface area contributed by atoms with Crippen LogP contribution in [-0.4, -0.2) is 4.98 Å². The molecule has 1 aromatic heterocycles. The van der Waals surface area contributed by atoms with Gasteiger partial charge in [0.25, 0.3) is 5.19 Å². The first-order valence-electron chi connectivity index (χ1n) is 4.47. The van der Waals surface area contributed by atoms with Crippen LogP contribution in [0.3, 0.4) is 0 Å². The number of benzene rings is 1. The van der Waals surface area contributed by atoms with E-state index in [0.29, 0.717) is 27.7 Å². The van der Waals surface area contributed by atoms with Crippen LogP contribution in [0.2, 0.25) is 10.2 Å². The van der Waals surface area contributed by atoms with Crippen LogP contribution in [0, 0.1) is 0 Å². The Bertz CT molecular complexity index is 501. The second kappa shape index (κ2) is 5.01. The third kappa shape index (κ3) is 2.65. The molecule has 1 heterocycles. The molecule has 2 rings (SSSR count). The average Bonchev–Trinajstić information content (AvgIpc) is 2.58. The van der Waals surface area contributed by atoms with Gasteiger partial charge >= 0.3 is 0 Å². The van der Waals surface area contributed by atoms with E-state index in [2.05, 4.69) is 4.98 Å². The Hall–Kier alpha value is -0.810. The molecular weight excluding hydrogens is 267 g/mol. The number of aromatic nitrogens is 1. The number of thiazole rings is 1. The second-order valence-corrected chi connectivity index (χ2v) is 4.80. The molecule has 0 saturated carbocycles. The lowest BCUT2D eigenvalue weighted by atomic mass is 10.3. The molecule has 16 heavy (non-hydrogen) atoms. The highest BCUT2D eigenvalue weighted by atomic mass is 35.5. The Labute approximate surface area is 107 Å². The third-order valence-corrected chi connectivity index (χ3v) is 3.43. The first-order chi connectivity index (χ1) is 7.69. The van der Waals surface area contributed by atoms with Gasteiger partial charge in [-0.25, -0.2) is 0 Å². The fourth-order valence-electron chi connectivity index (χ4n) is 1.11. The Morgan fingerprint density at radius 3 is 2.81 bits per heavy atom. The average molecular weight is 275 g/mol. The summed E-state index contributed by atoms with van der Waals surface area (Å²) in [5.74, 6) is 0.626.